The average molecular weight is 234 g/mol. The summed E-state index contributed by atoms with van der Waals surface area (Å²) in [5, 5.41) is 2.99. The number of hydrogen-bond acceptors (Lipinski definition) is 4. The van der Waals surface area contributed by atoms with Gasteiger partial charge in [0.25, 0.3) is 5.91 Å². The minimum Gasteiger partial charge on any atom is -0.368 e. The Morgan fingerprint density at radius 3 is 2.71 bits per heavy atom. The Morgan fingerprint density at radius 2 is 2.29 bits per heavy atom. The summed E-state index contributed by atoms with van der Waals surface area (Å²) in [5.74, 6) is -1.10. The van der Waals surface area contributed by atoms with Gasteiger partial charge >= 0.3 is 0 Å². The SMILES string of the molecule is Cc1nc(C(=O)NCC(N)=O)c(Cl)s1. The number of aromatic nitrogens is 1. The molecule has 14 heavy (non-hydrogen) atoms. The summed E-state index contributed by atoms with van der Waals surface area (Å²) in [6.07, 6.45) is 0. The van der Waals surface area contributed by atoms with Gasteiger partial charge in [0.15, 0.2) is 5.69 Å². The predicted molar refractivity (Wildman–Crippen MR) is 53.4 cm³/mol. The topological polar surface area (TPSA) is 85.1 Å². The summed E-state index contributed by atoms with van der Waals surface area (Å²) < 4.78 is 0.310. The van der Waals surface area contributed by atoms with Crippen LogP contribution in [0.25, 0.3) is 0 Å². The fraction of sp³-hybridized carbons (Fsp3) is 0.286. The maximum Gasteiger partial charge on any atom is 0.272 e. The van der Waals surface area contributed by atoms with Crippen molar-refractivity contribution in [3.63, 3.8) is 0 Å². The van der Waals surface area contributed by atoms with Crippen LogP contribution < -0.4 is 11.1 Å². The lowest BCUT2D eigenvalue weighted by molar-refractivity contribution is -0.117. The van der Waals surface area contributed by atoms with Crippen molar-refractivity contribution < 1.29 is 9.59 Å². The minimum absolute atomic E-state index is 0.135. The lowest BCUT2D eigenvalue weighted by Gasteiger charge is -1.98. The van der Waals surface area contributed by atoms with E-state index in [1.807, 2.05) is 0 Å². The van der Waals surface area contributed by atoms with Crippen LogP contribution in [0.2, 0.25) is 4.34 Å². The molecule has 0 aromatic carbocycles. The number of nitrogens with zero attached hydrogens (tertiary/aromatic N) is 1. The molecule has 0 spiro atoms. The number of carbonyl (C=O) groups excluding carboxylic acids is 2. The second-order valence-corrected chi connectivity index (χ2v) is 4.31. The number of nitrogens with two attached hydrogens (primary N) is 1. The molecule has 0 radical (unpaired) electrons. The molecule has 0 aliphatic rings. The van der Waals surface area contributed by atoms with Crippen molar-refractivity contribution >= 4 is 34.8 Å². The summed E-state index contributed by atoms with van der Waals surface area (Å²) in [6.45, 7) is 1.52. The molecule has 0 fully saturated rings. The molecule has 0 aliphatic carbocycles. The van der Waals surface area contributed by atoms with E-state index in [1.165, 1.54) is 11.3 Å². The van der Waals surface area contributed by atoms with E-state index in [1.54, 1.807) is 6.92 Å². The Bertz CT molecular complexity index is 377. The minimum atomic E-state index is -0.610. The Balaban J connectivity index is 2.69. The molecular weight excluding hydrogens is 226 g/mol. The van der Waals surface area contributed by atoms with E-state index in [0.717, 1.165) is 0 Å². The monoisotopic (exact) mass is 233 g/mol. The van der Waals surface area contributed by atoms with Gasteiger partial charge in [-0.2, -0.15) is 0 Å². The number of thiazole rings is 1. The molecule has 7 heteroatoms. The molecule has 3 N–H and O–H groups in total. The standard InChI is InChI=1S/C7H8ClN3O2S/c1-3-11-5(6(8)14-3)7(13)10-2-4(9)12/h2H2,1H3,(H2,9,12)(H,10,13). The van der Waals surface area contributed by atoms with Crippen molar-refractivity contribution in [1.82, 2.24) is 10.3 Å². The Kier molecular flexibility index (Phi) is 3.43. The van der Waals surface area contributed by atoms with Crippen LogP contribution in [-0.4, -0.2) is 23.3 Å². The zero-order valence-electron chi connectivity index (χ0n) is 7.33. The molecule has 0 unspecified atom stereocenters. The maximum atomic E-state index is 11.3. The highest BCUT2D eigenvalue weighted by atomic mass is 35.5. The van der Waals surface area contributed by atoms with Gasteiger partial charge in [-0.15, -0.1) is 11.3 Å². The molecule has 1 heterocycles. The fourth-order valence-corrected chi connectivity index (χ4v) is 1.89. The van der Waals surface area contributed by atoms with E-state index >= 15 is 0 Å². The number of primary amides is 1. The van der Waals surface area contributed by atoms with Crippen LogP contribution in [0.5, 0.6) is 0 Å². The van der Waals surface area contributed by atoms with Crippen molar-refractivity contribution in [3.05, 3.63) is 15.0 Å². The van der Waals surface area contributed by atoms with E-state index < -0.39 is 11.8 Å². The highest BCUT2D eigenvalue weighted by molar-refractivity contribution is 7.16. The molecule has 76 valence electrons. The van der Waals surface area contributed by atoms with Gasteiger partial charge in [-0.3, -0.25) is 9.59 Å². The third kappa shape index (κ3) is 2.68. The highest BCUT2D eigenvalue weighted by Crippen LogP contribution is 2.23. The molecule has 0 atom stereocenters. The van der Waals surface area contributed by atoms with E-state index in [4.69, 9.17) is 17.3 Å². The molecule has 0 bridgehead atoms. The first-order valence-corrected chi connectivity index (χ1v) is 4.89. The van der Waals surface area contributed by atoms with Gasteiger partial charge < -0.3 is 11.1 Å². The maximum absolute atomic E-state index is 11.3. The summed E-state index contributed by atoms with van der Waals surface area (Å²) in [4.78, 5) is 25.6. The molecule has 1 aromatic rings. The smallest absolute Gasteiger partial charge is 0.272 e. The molecule has 0 aliphatic heterocycles. The van der Waals surface area contributed by atoms with Gasteiger partial charge in [-0.1, -0.05) is 11.6 Å². The number of hydrogen-bond donors (Lipinski definition) is 2. The van der Waals surface area contributed by atoms with E-state index in [9.17, 15) is 9.59 Å². The lowest BCUT2D eigenvalue weighted by Crippen LogP contribution is -2.33. The predicted octanol–water partition coefficient (Wildman–Crippen LogP) is 0.320. The average Bonchev–Trinajstić information content (AvgIpc) is 2.41. The third-order valence-electron chi connectivity index (χ3n) is 1.33. The van der Waals surface area contributed by atoms with E-state index in [0.29, 0.717) is 9.34 Å². The van der Waals surface area contributed by atoms with Gasteiger partial charge in [-0.05, 0) is 6.92 Å². The number of rotatable bonds is 3. The summed E-state index contributed by atoms with van der Waals surface area (Å²) in [5.41, 5.74) is 4.99. The van der Waals surface area contributed by atoms with Gasteiger partial charge in [0.05, 0.1) is 11.6 Å². The zero-order chi connectivity index (χ0) is 10.7. The van der Waals surface area contributed by atoms with Crippen molar-refractivity contribution in [2.45, 2.75) is 6.92 Å². The van der Waals surface area contributed by atoms with Crippen LogP contribution in [0.1, 0.15) is 15.5 Å². The number of carbonyl (C=O) groups is 2. The van der Waals surface area contributed by atoms with Crippen molar-refractivity contribution in [2.24, 2.45) is 5.73 Å². The van der Waals surface area contributed by atoms with Crippen molar-refractivity contribution in [1.29, 1.82) is 0 Å². The van der Waals surface area contributed by atoms with Gasteiger partial charge in [0.1, 0.15) is 4.34 Å². The summed E-state index contributed by atoms with van der Waals surface area (Å²) >= 11 is 6.94. The Hall–Kier alpha value is -1.14. The molecule has 0 saturated carbocycles. The van der Waals surface area contributed by atoms with E-state index in [2.05, 4.69) is 10.3 Å². The van der Waals surface area contributed by atoms with Crippen LogP contribution in [0.4, 0.5) is 0 Å². The Labute approximate surface area is 89.3 Å². The highest BCUT2D eigenvalue weighted by Gasteiger charge is 2.15. The molecular formula is C7H8ClN3O2S. The first kappa shape index (κ1) is 10.9. The van der Waals surface area contributed by atoms with Gasteiger partial charge in [0, 0.05) is 0 Å². The molecule has 5 nitrogen and oxygen atoms in total. The second-order valence-electron chi connectivity index (χ2n) is 2.50. The van der Waals surface area contributed by atoms with Crippen LogP contribution in [0, 0.1) is 6.92 Å². The molecule has 1 rings (SSSR count). The first-order valence-electron chi connectivity index (χ1n) is 3.70. The molecule has 0 saturated heterocycles. The first-order chi connectivity index (χ1) is 6.50. The van der Waals surface area contributed by atoms with Crippen molar-refractivity contribution in [2.75, 3.05) is 6.54 Å². The number of aryl methyl sites for hydroxylation is 1. The van der Waals surface area contributed by atoms with Crippen LogP contribution in [0.15, 0.2) is 0 Å². The van der Waals surface area contributed by atoms with E-state index in [-0.39, 0.29) is 12.2 Å². The van der Waals surface area contributed by atoms with Crippen molar-refractivity contribution in [3.8, 4) is 0 Å². The van der Waals surface area contributed by atoms with Crippen LogP contribution in [0.3, 0.4) is 0 Å². The van der Waals surface area contributed by atoms with Crippen LogP contribution in [-0.2, 0) is 4.79 Å². The Morgan fingerprint density at radius 1 is 1.64 bits per heavy atom. The quantitative estimate of drug-likeness (QED) is 0.789. The second kappa shape index (κ2) is 4.39. The zero-order valence-corrected chi connectivity index (χ0v) is 8.91. The number of nitrogens with one attached hydrogen (secondary N) is 1. The summed E-state index contributed by atoms with van der Waals surface area (Å²) in [6, 6.07) is 0. The number of amides is 2. The lowest BCUT2D eigenvalue weighted by atomic mass is 10.4. The van der Waals surface area contributed by atoms with Gasteiger partial charge in [-0.25, -0.2) is 4.98 Å². The summed E-state index contributed by atoms with van der Waals surface area (Å²) in [7, 11) is 0. The van der Waals surface area contributed by atoms with Crippen LogP contribution >= 0.6 is 22.9 Å². The normalized spacial score (nSPS) is 9.86. The van der Waals surface area contributed by atoms with Gasteiger partial charge in [0.2, 0.25) is 5.91 Å². The molecule has 2 amide bonds. The molecule has 1 aromatic heterocycles. The third-order valence-corrected chi connectivity index (χ3v) is 2.50. The largest absolute Gasteiger partial charge is 0.368 e. The fourth-order valence-electron chi connectivity index (χ4n) is 0.793. The number of halogens is 1.